The van der Waals surface area contributed by atoms with Crippen LogP contribution in [0.2, 0.25) is 0 Å². The van der Waals surface area contributed by atoms with Crippen molar-refractivity contribution in [3.8, 4) is 0 Å². The Hall–Kier alpha value is -1.76. The lowest BCUT2D eigenvalue weighted by atomic mass is 9.89. The molecular weight excluding hydrogens is 262 g/mol. The fraction of sp³-hybridized carbons (Fsp3) is 0.500. The molecule has 0 aromatic carbocycles. The van der Waals surface area contributed by atoms with Crippen LogP contribution >= 0.6 is 11.3 Å². The lowest BCUT2D eigenvalue weighted by molar-refractivity contribution is 0.509. The van der Waals surface area contributed by atoms with Crippen LogP contribution in [0.15, 0.2) is 4.79 Å². The summed E-state index contributed by atoms with van der Waals surface area (Å²) in [7, 11) is 1.73. The second-order valence-corrected chi connectivity index (χ2v) is 6.37. The largest absolute Gasteiger partial charge is 0.278 e. The SMILES string of the molecule is C[C@@H]1CCc2c(sc3c2c(=O)n(C)c2nnnn32)C1. The van der Waals surface area contributed by atoms with Crippen molar-refractivity contribution in [2.75, 3.05) is 0 Å². The van der Waals surface area contributed by atoms with E-state index >= 15 is 0 Å². The summed E-state index contributed by atoms with van der Waals surface area (Å²) in [6.07, 6.45) is 3.19. The molecule has 1 atom stereocenters. The molecule has 0 spiro atoms. The van der Waals surface area contributed by atoms with Gasteiger partial charge in [0.1, 0.15) is 4.83 Å². The molecule has 1 aliphatic rings. The molecule has 0 radical (unpaired) electrons. The van der Waals surface area contributed by atoms with Crippen LogP contribution in [0.25, 0.3) is 16.0 Å². The van der Waals surface area contributed by atoms with Crippen molar-refractivity contribution in [2.24, 2.45) is 13.0 Å². The van der Waals surface area contributed by atoms with Gasteiger partial charge in [-0.2, -0.15) is 4.52 Å². The highest BCUT2D eigenvalue weighted by molar-refractivity contribution is 7.18. The highest BCUT2D eigenvalue weighted by Gasteiger charge is 2.24. The van der Waals surface area contributed by atoms with Gasteiger partial charge < -0.3 is 0 Å². The minimum atomic E-state index is 0.0179. The molecule has 3 heterocycles. The molecule has 1 aliphatic carbocycles. The van der Waals surface area contributed by atoms with E-state index in [0.29, 0.717) is 11.7 Å². The van der Waals surface area contributed by atoms with Gasteiger partial charge in [0.15, 0.2) is 0 Å². The second kappa shape index (κ2) is 3.63. The van der Waals surface area contributed by atoms with Crippen molar-refractivity contribution < 1.29 is 0 Å². The zero-order chi connectivity index (χ0) is 13.1. The number of hydrogen-bond donors (Lipinski definition) is 0. The summed E-state index contributed by atoms with van der Waals surface area (Å²) in [5.41, 5.74) is 1.24. The molecule has 0 bridgehead atoms. The molecule has 0 aliphatic heterocycles. The molecule has 3 aromatic rings. The van der Waals surface area contributed by atoms with E-state index in [-0.39, 0.29) is 5.56 Å². The summed E-state index contributed by atoms with van der Waals surface area (Å²) < 4.78 is 3.22. The first-order valence-electron chi connectivity index (χ1n) is 6.38. The summed E-state index contributed by atoms with van der Waals surface area (Å²) >= 11 is 1.67. The molecule has 4 rings (SSSR count). The third kappa shape index (κ3) is 1.36. The highest BCUT2D eigenvalue weighted by Crippen LogP contribution is 2.36. The Labute approximate surface area is 112 Å². The smallest absolute Gasteiger partial charge is 0.263 e. The number of aryl methyl sites for hydroxylation is 2. The minimum absolute atomic E-state index is 0.0179. The average Bonchev–Trinajstić information content (AvgIpc) is 2.99. The van der Waals surface area contributed by atoms with Gasteiger partial charge in [0.2, 0.25) is 0 Å². The number of tetrazole rings is 1. The summed E-state index contributed by atoms with van der Waals surface area (Å²) in [4.78, 5) is 14.7. The van der Waals surface area contributed by atoms with Crippen LogP contribution < -0.4 is 5.56 Å². The molecule has 0 fully saturated rings. The maximum absolute atomic E-state index is 12.5. The van der Waals surface area contributed by atoms with Crippen molar-refractivity contribution >= 4 is 27.3 Å². The number of thiophene rings is 1. The molecule has 0 amide bonds. The van der Waals surface area contributed by atoms with Crippen LogP contribution in [0.4, 0.5) is 0 Å². The van der Waals surface area contributed by atoms with E-state index in [1.807, 2.05) is 0 Å². The number of nitrogens with zero attached hydrogens (tertiary/aromatic N) is 5. The first-order chi connectivity index (χ1) is 9.16. The predicted octanol–water partition coefficient (Wildman–Crippen LogP) is 1.16. The van der Waals surface area contributed by atoms with Crippen LogP contribution in [0, 0.1) is 5.92 Å². The minimum Gasteiger partial charge on any atom is -0.278 e. The Morgan fingerprint density at radius 3 is 3.11 bits per heavy atom. The zero-order valence-corrected chi connectivity index (χ0v) is 11.6. The Morgan fingerprint density at radius 1 is 1.42 bits per heavy atom. The first kappa shape index (κ1) is 11.1. The third-order valence-electron chi connectivity index (χ3n) is 3.96. The lowest BCUT2D eigenvalue weighted by Crippen LogP contribution is -2.21. The molecule has 19 heavy (non-hydrogen) atoms. The van der Waals surface area contributed by atoms with Crippen LogP contribution in [-0.4, -0.2) is 24.6 Å². The fourth-order valence-electron chi connectivity index (χ4n) is 2.89. The Morgan fingerprint density at radius 2 is 2.26 bits per heavy atom. The normalized spacial score (nSPS) is 19.2. The maximum atomic E-state index is 12.5. The van der Waals surface area contributed by atoms with E-state index in [2.05, 4.69) is 22.4 Å². The predicted molar refractivity (Wildman–Crippen MR) is 72.6 cm³/mol. The molecule has 7 heteroatoms. The van der Waals surface area contributed by atoms with E-state index in [9.17, 15) is 4.79 Å². The van der Waals surface area contributed by atoms with Crippen molar-refractivity contribution in [2.45, 2.75) is 26.2 Å². The Bertz CT molecular complexity index is 858. The van der Waals surface area contributed by atoms with Gasteiger partial charge in [-0.15, -0.1) is 11.3 Å². The standard InChI is InChI=1S/C12H13N5OS/c1-6-3-4-7-8(5-6)19-11-9(7)10(18)16(2)12-13-14-15-17(11)12/h6H,3-5H2,1-2H3/t6-/m1/s1. The van der Waals surface area contributed by atoms with Crippen molar-refractivity contribution in [3.63, 3.8) is 0 Å². The van der Waals surface area contributed by atoms with Crippen LogP contribution in [0.3, 0.4) is 0 Å². The van der Waals surface area contributed by atoms with E-state index in [1.165, 1.54) is 15.0 Å². The average molecular weight is 275 g/mol. The first-order valence-corrected chi connectivity index (χ1v) is 7.20. The maximum Gasteiger partial charge on any atom is 0.263 e. The molecule has 6 nitrogen and oxygen atoms in total. The number of aromatic nitrogens is 5. The van der Waals surface area contributed by atoms with E-state index < -0.39 is 0 Å². The van der Waals surface area contributed by atoms with Crippen LogP contribution in [-0.2, 0) is 19.9 Å². The van der Waals surface area contributed by atoms with Gasteiger partial charge in [-0.05, 0) is 41.2 Å². The molecule has 98 valence electrons. The van der Waals surface area contributed by atoms with Gasteiger partial charge in [0.25, 0.3) is 11.3 Å². The zero-order valence-electron chi connectivity index (χ0n) is 10.8. The van der Waals surface area contributed by atoms with Gasteiger partial charge in [-0.25, -0.2) is 0 Å². The van der Waals surface area contributed by atoms with E-state index in [1.54, 1.807) is 22.9 Å². The Kier molecular flexibility index (Phi) is 2.12. The van der Waals surface area contributed by atoms with Crippen molar-refractivity contribution in [1.82, 2.24) is 24.6 Å². The molecule has 0 saturated carbocycles. The fourth-order valence-corrected chi connectivity index (χ4v) is 4.33. The lowest BCUT2D eigenvalue weighted by Gasteiger charge is -2.17. The summed E-state index contributed by atoms with van der Waals surface area (Å²) in [5.74, 6) is 1.19. The molecular formula is C12H13N5OS. The summed E-state index contributed by atoms with van der Waals surface area (Å²) in [6.45, 7) is 2.26. The van der Waals surface area contributed by atoms with Crippen molar-refractivity contribution in [3.05, 3.63) is 20.8 Å². The van der Waals surface area contributed by atoms with Crippen LogP contribution in [0.1, 0.15) is 23.8 Å². The number of rotatable bonds is 0. The topological polar surface area (TPSA) is 65.1 Å². The molecule has 3 aromatic heterocycles. The molecule has 0 unspecified atom stereocenters. The van der Waals surface area contributed by atoms with Gasteiger partial charge in [-0.3, -0.25) is 9.36 Å². The second-order valence-electron chi connectivity index (χ2n) is 5.29. The monoisotopic (exact) mass is 275 g/mol. The van der Waals surface area contributed by atoms with Gasteiger partial charge >= 0.3 is 0 Å². The van der Waals surface area contributed by atoms with E-state index in [0.717, 1.165) is 29.5 Å². The van der Waals surface area contributed by atoms with Gasteiger partial charge in [-0.1, -0.05) is 12.0 Å². The van der Waals surface area contributed by atoms with E-state index in [4.69, 9.17) is 0 Å². The summed E-state index contributed by atoms with van der Waals surface area (Å²) in [5, 5.41) is 12.4. The van der Waals surface area contributed by atoms with Gasteiger partial charge in [0, 0.05) is 11.9 Å². The molecule has 0 saturated heterocycles. The van der Waals surface area contributed by atoms with Gasteiger partial charge in [0.05, 0.1) is 5.39 Å². The third-order valence-corrected chi connectivity index (χ3v) is 5.19. The van der Waals surface area contributed by atoms with Crippen LogP contribution in [0.5, 0.6) is 0 Å². The summed E-state index contributed by atoms with van der Waals surface area (Å²) in [6, 6.07) is 0. The number of fused-ring (bicyclic) bond motifs is 5. The Balaban J connectivity index is 2.21. The highest BCUT2D eigenvalue weighted by atomic mass is 32.1. The van der Waals surface area contributed by atoms with Crippen molar-refractivity contribution in [1.29, 1.82) is 0 Å². The number of hydrogen-bond acceptors (Lipinski definition) is 5. The quantitative estimate of drug-likeness (QED) is 0.617. The molecule has 0 N–H and O–H groups in total.